The lowest BCUT2D eigenvalue weighted by Crippen LogP contribution is -2.48. The molecular weight excluding hydrogens is 395 g/mol. The van der Waals surface area contributed by atoms with Crippen LogP contribution in [0.2, 0.25) is 0 Å². The average Bonchev–Trinajstić information content (AvgIpc) is 2.68. The minimum absolute atomic E-state index is 0.217. The SMILES string of the molecule is COc1ccc(CN2CCN(S(=O)(=O)c3cc(C)c(OC)c(C)c3)CC2)cc1F. The Labute approximate surface area is 171 Å². The number of hydrogen-bond acceptors (Lipinski definition) is 5. The molecule has 0 aliphatic carbocycles. The van der Waals surface area contributed by atoms with Crippen molar-refractivity contribution in [3.8, 4) is 11.5 Å². The van der Waals surface area contributed by atoms with E-state index in [1.54, 1.807) is 25.3 Å². The van der Waals surface area contributed by atoms with Gasteiger partial charge in [-0.2, -0.15) is 4.31 Å². The predicted molar refractivity (Wildman–Crippen MR) is 109 cm³/mol. The van der Waals surface area contributed by atoms with Crippen molar-refractivity contribution in [2.24, 2.45) is 0 Å². The van der Waals surface area contributed by atoms with Crippen molar-refractivity contribution in [3.63, 3.8) is 0 Å². The number of methoxy groups -OCH3 is 2. The Morgan fingerprint density at radius 3 is 2.10 bits per heavy atom. The molecule has 1 fully saturated rings. The fourth-order valence-corrected chi connectivity index (χ4v) is 5.32. The third-order valence-electron chi connectivity index (χ3n) is 5.23. The van der Waals surface area contributed by atoms with Crippen molar-refractivity contribution >= 4 is 10.0 Å². The topological polar surface area (TPSA) is 59.1 Å². The lowest BCUT2D eigenvalue weighted by molar-refractivity contribution is 0.181. The Kier molecular flexibility index (Phi) is 6.45. The summed E-state index contributed by atoms with van der Waals surface area (Å²) >= 11 is 0. The van der Waals surface area contributed by atoms with Gasteiger partial charge in [-0.15, -0.1) is 0 Å². The summed E-state index contributed by atoms with van der Waals surface area (Å²) in [7, 11) is -0.555. The highest BCUT2D eigenvalue weighted by Gasteiger charge is 2.29. The Hall–Kier alpha value is -2.16. The maximum absolute atomic E-state index is 13.9. The molecule has 158 valence electrons. The fraction of sp³-hybridized carbons (Fsp3) is 0.429. The van der Waals surface area contributed by atoms with Crippen LogP contribution in [0.25, 0.3) is 0 Å². The minimum Gasteiger partial charge on any atom is -0.496 e. The summed E-state index contributed by atoms with van der Waals surface area (Å²) in [6, 6.07) is 8.22. The lowest BCUT2D eigenvalue weighted by atomic mass is 10.1. The first kappa shape index (κ1) is 21.5. The number of hydrogen-bond donors (Lipinski definition) is 0. The second-order valence-electron chi connectivity index (χ2n) is 7.24. The summed E-state index contributed by atoms with van der Waals surface area (Å²) in [5.41, 5.74) is 2.43. The second-order valence-corrected chi connectivity index (χ2v) is 9.18. The van der Waals surface area contributed by atoms with E-state index in [2.05, 4.69) is 4.90 Å². The number of rotatable bonds is 6. The summed E-state index contributed by atoms with van der Waals surface area (Å²) in [5.74, 6) is 0.534. The summed E-state index contributed by atoms with van der Waals surface area (Å²) in [4.78, 5) is 2.41. The molecule has 6 nitrogen and oxygen atoms in total. The summed E-state index contributed by atoms with van der Waals surface area (Å²) < 4.78 is 51.8. The Balaban J connectivity index is 1.67. The number of piperazine rings is 1. The van der Waals surface area contributed by atoms with E-state index in [1.165, 1.54) is 17.5 Å². The average molecular weight is 423 g/mol. The molecule has 0 bridgehead atoms. The molecule has 29 heavy (non-hydrogen) atoms. The van der Waals surface area contributed by atoms with E-state index in [0.717, 1.165) is 16.7 Å². The highest BCUT2D eigenvalue weighted by atomic mass is 32.2. The van der Waals surface area contributed by atoms with E-state index in [-0.39, 0.29) is 5.75 Å². The smallest absolute Gasteiger partial charge is 0.243 e. The van der Waals surface area contributed by atoms with Crippen LogP contribution >= 0.6 is 0 Å². The zero-order chi connectivity index (χ0) is 21.2. The van der Waals surface area contributed by atoms with Gasteiger partial charge in [0.15, 0.2) is 11.6 Å². The fourth-order valence-electron chi connectivity index (χ4n) is 3.72. The Morgan fingerprint density at radius 1 is 0.966 bits per heavy atom. The van der Waals surface area contributed by atoms with Gasteiger partial charge in [0, 0.05) is 32.7 Å². The van der Waals surface area contributed by atoms with Crippen LogP contribution in [0.4, 0.5) is 4.39 Å². The van der Waals surface area contributed by atoms with Crippen LogP contribution in [0, 0.1) is 19.7 Å². The normalized spacial score (nSPS) is 16.0. The van der Waals surface area contributed by atoms with Crippen LogP contribution < -0.4 is 9.47 Å². The number of halogens is 1. The van der Waals surface area contributed by atoms with Crippen molar-refractivity contribution in [3.05, 3.63) is 52.8 Å². The largest absolute Gasteiger partial charge is 0.496 e. The number of benzene rings is 2. The first-order chi connectivity index (χ1) is 13.8. The van der Waals surface area contributed by atoms with E-state index in [4.69, 9.17) is 9.47 Å². The van der Waals surface area contributed by atoms with Gasteiger partial charge in [-0.05, 0) is 54.8 Å². The van der Waals surface area contributed by atoms with Gasteiger partial charge in [-0.25, -0.2) is 12.8 Å². The Bertz CT molecular complexity index is 963. The molecule has 1 aliphatic heterocycles. The maximum atomic E-state index is 13.9. The predicted octanol–water partition coefficient (Wildman–Crippen LogP) is 2.97. The van der Waals surface area contributed by atoms with Gasteiger partial charge in [0.25, 0.3) is 0 Å². The van der Waals surface area contributed by atoms with Gasteiger partial charge in [0.1, 0.15) is 5.75 Å². The second kappa shape index (κ2) is 8.69. The van der Waals surface area contributed by atoms with Gasteiger partial charge in [-0.1, -0.05) is 6.07 Å². The Morgan fingerprint density at radius 2 is 1.59 bits per heavy atom. The van der Waals surface area contributed by atoms with Gasteiger partial charge in [-0.3, -0.25) is 4.90 Å². The summed E-state index contributed by atoms with van der Waals surface area (Å²) in [6.45, 7) is 6.21. The number of nitrogens with zero attached hydrogens (tertiary/aromatic N) is 2. The molecule has 0 saturated carbocycles. The molecular formula is C21H27FN2O4S. The molecule has 0 N–H and O–H groups in total. The number of sulfonamides is 1. The molecule has 2 aromatic rings. The molecule has 1 saturated heterocycles. The molecule has 3 rings (SSSR count). The van der Waals surface area contributed by atoms with Gasteiger partial charge in [0.05, 0.1) is 19.1 Å². The van der Waals surface area contributed by atoms with E-state index in [0.29, 0.717) is 43.4 Å². The van der Waals surface area contributed by atoms with Crippen molar-refractivity contribution in [2.75, 3.05) is 40.4 Å². The molecule has 2 aromatic carbocycles. The van der Waals surface area contributed by atoms with E-state index < -0.39 is 15.8 Å². The first-order valence-corrected chi connectivity index (χ1v) is 10.9. The van der Waals surface area contributed by atoms with Crippen molar-refractivity contribution in [1.82, 2.24) is 9.21 Å². The molecule has 0 radical (unpaired) electrons. The molecule has 0 amide bonds. The standard InChI is InChI=1S/C21H27FN2O4S/c1-15-11-18(12-16(2)21(15)28-4)29(25,26)24-9-7-23(8-10-24)14-17-5-6-20(27-3)19(22)13-17/h5-6,11-13H,7-10,14H2,1-4H3. The summed E-state index contributed by atoms with van der Waals surface area (Å²) in [5, 5.41) is 0. The van der Waals surface area contributed by atoms with Crippen LogP contribution in [0.3, 0.4) is 0 Å². The van der Waals surface area contributed by atoms with Crippen molar-refractivity contribution < 1.29 is 22.3 Å². The maximum Gasteiger partial charge on any atom is 0.243 e. The number of ether oxygens (including phenoxy) is 2. The monoisotopic (exact) mass is 422 g/mol. The summed E-state index contributed by atoms with van der Waals surface area (Å²) in [6.07, 6.45) is 0. The molecule has 0 aromatic heterocycles. The highest BCUT2D eigenvalue weighted by molar-refractivity contribution is 7.89. The van der Waals surface area contributed by atoms with Crippen molar-refractivity contribution in [2.45, 2.75) is 25.3 Å². The van der Waals surface area contributed by atoms with Crippen LogP contribution in [0.5, 0.6) is 11.5 Å². The lowest BCUT2D eigenvalue weighted by Gasteiger charge is -2.34. The zero-order valence-electron chi connectivity index (χ0n) is 17.2. The minimum atomic E-state index is -3.57. The van der Waals surface area contributed by atoms with Crippen LogP contribution in [-0.2, 0) is 16.6 Å². The van der Waals surface area contributed by atoms with Gasteiger partial charge >= 0.3 is 0 Å². The van der Waals surface area contributed by atoms with E-state index in [9.17, 15) is 12.8 Å². The third kappa shape index (κ3) is 4.55. The molecule has 1 aliphatic rings. The van der Waals surface area contributed by atoms with Crippen LogP contribution in [-0.4, -0.2) is 58.0 Å². The molecule has 0 spiro atoms. The third-order valence-corrected chi connectivity index (χ3v) is 7.11. The molecule has 1 heterocycles. The highest BCUT2D eigenvalue weighted by Crippen LogP contribution is 2.28. The quantitative estimate of drug-likeness (QED) is 0.716. The van der Waals surface area contributed by atoms with Crippen LogP contribution in [0.1, 0.15) is 16.7 Å². The molecule has 0 unspecified atom stereocenters. The molecule has 8 heteroatoms. The van der Waals surface area contributed by atoms with Crippen LogP contribution in [0.15, 0.2) is 35.2 Å². The number of aryl methyl sites for hydroxylation is 2. The van der Waals surface area contributed by atoms with Gasteiger partial charge in [0.2, 0.25) is 10.0 Å². The van der Waals surface area contributed by atoms with Crippen molar-refractivity contribution in [1.29, 1.82) is 0 Å². The first-order valence-electron chi connectivity index (χ1n) is 9.46. The van der Waals surface area contributed by atoms with E-state index >= 15 is 0 Å². The molecule has 0 atom stereocenters. The van der Waals surface area contributed by atoms with Gasteiger partial charge < -0.3 is 9.47 Å². The van der Waals surface area contributed by atoms with E-state index in [1.807, 2.05) is 19.9 Å². The zero-order valence-corrected chi connectivity index (χ0v) is 18.1.